The highest BCUT2D eigenvalue weighted by Crippen LogP contribution is 2.30. The number of hydrogen-bond acceptors (Lipinski definition) is 6. The van der Waals surface area contributed by atoms with E-state index in [0.717, 1.165) is 50.8 Å². The molecule has 2 aromatic carbocycles. The van der Waals surface area contributed by atoms with E-state index in [1.807, 2.05) is 12.1 Å². The summed E-state index contributed by atoms with van der Waals surface area (Å²) in [7, 11) is 1.75. The minimum Gasteiger partial charge on any atom is -0.491 e. The van der Waals surface area contributed by atoms with Gasteiger partial charge in [-0.25, -0.2) is 4.98 Å². The Balaban J connectivity index is 1.49. The summed E-state index contributed by atoms with van der Waals surface area (Å²) in [6.45, 7) is 3.64. The number of aryl methyl sites for hydroxylation is 1. The Morgan fingerprint density at radius 3 is 2.94 bits per heavy atom. The minimum atomic E-state index is -0.294. The van der Waals surface area contributed by atoms with Crippen molar-refractivity contribution in [3.05, 3.63) is 56.6 Å². The second-order valence-corrected chi connectivity index (χ2v) is 9.83. The number of likely N-dealkylation sites (tertiary alicyclic amines) is 1. The van der Waals surface area contributed by atoms with Crippen LogP contribution < -0.4 is 15.9 Å². The largest absolute Gasteiger partial charge is 0.491 e. The monoisotopic (exact) mass is 489 g/mol. The van der Waals surface area contributed by atoms with Crippen LogP contribution in [0.1, 0.15) is 37.7 Å². The molecule has 9 nitrogen and oxygen atoms in total. The van der Waals surface area contributed by atoms with Crippen molar-refractivity contribution < 1.29 is 9.47 Å². The third-order valence-corrected chi connectivity index (χ3v) is 7.39. The lowest BCUT2D eigenvalue weighted by atomic mass is 10.1. The van der Waals surface area contributed by atoms with E-state index < -0.39 is 0 Å². The van der Waals surface area contributed by atoms with Crippen molar-refractivity contribution in [2.24, 2.45) is 0 Å². The number of hydrogen-bond donors (Lipinski definition) is 2. The molecule has 4 bridgehead atoms. The fourth-order valence-corrected chi connectivity index (χ4v) is 5.59. The molecule has 0 unspecified atom stereocenters. The minimum absolute atomic E-state index is 0.0748. The molecule has 0 radical (unpaired) electrons. The summed E-state index contributed by atoms with van der Waals surface area (Å²) in [4.78, 5) is 36.5. The van der Waals surface area contributed by atoms with Gasteiger partial charge in [-0.15, -0.1) is 0 Å². The number of H-pyrrole nitrogens is 2. The summed E-state index contributed by atoms with van der Waals surface area (Å²) >= 11 is 0. The predicted molar refractivity (Wildman–Crippen MR) is 139 cm³/mol. The first-order valence-corrected chi connectivity index (χ1v) is 12.8. The second kappa shape index (κ2) is 9.55. The van der Waals surface area contributed by atoms with Crippen molar-refractivity contribution >= 4 is 21.9 Å². The molecule has 0 amide bonds. The molecule has 2 aliphatic rings. The molecule has 1 fully saturated rings. The van der Waals surface area contributed by atoms with Gasteiger partial charge in [0.25, 0.3) is 11.1 Å². The lowest BCUT2D eigenvalue weighted by Crippen LogP contribution is -2.32. The number of nitrogens with zero attached hydrogens (tertiary/aromatic N) is 3. The van der Waals surface area contributed by atoms with Crippen molar-refractivity contribution in [2.75, 3.05) is 26.9 Å². The predicted octanol–water partition coefficient (Wildman–Crippen LogP) is 3.41. The molecule has 0 spiro atoms. The normalized spacial score (nSPS) is 18.8. The molecule has 9 heteroatoms. The summed E-state index contributed by atoms with van der Waals surface area (Å²) in [5.41, 5.74) is 3.51. The molecule has 0 aliphatic carbocycles. The molecule has 188 valence electrons. The molecule has 36 heavy (non-hydrogen) atoms. The van der Waals surface area contributed by atoms with Gasteiger partial charge in [0.1, 0.15) is 17.0 Å². The van der Waals surface area contributed by atoms with Crippen LogP contribution in [0.15, 0.2) is 39.9 Å². The Morgan fingerprint density at radius 1 is 1.14 bits per heavy atom. The van der Waals surface area contributed by atoms with Crippen molar-refractivity contribution in [1.29, 1.82) is 0 Å². The lowest BCUT2D eigenvalue weighted by molar-refractivity contribution is 0.112. The summed E-state index contributed by atoms with van der Waals surface area (Å²) in [5.74, 6) is 0.679. The Morgan fingerprint density at radius 2 is 2.06 bits per heavy atom. The maximum absolute atomic E-state index is 13.3. The van der Waals surface area contributed by atoms with Crippen LogP contribution in [0.3, 0.4) is 0 Å². The van der Waals surface area contributed by atoms with Crippen LogP contribution in [0.2, 0.25) is 0 Å². The smallest absolute Gasteiger partial charge is 0.275 e. The van der Waals surface area contributed by atoms with E-state index in [1.54, 1.807) is 23.9 Å². The van der Waals surface area contributed by atoms with E-state index in [1.165, 1.54) is 0 Å². The first-order valence-electron chi connectivity index (χ1n) is 12.8. The van der Waals surface area contributed by atoms with Gasteiger partial charge in [-0.2, -0.15) is 0 Å². The second-order valence-electron chi connectivity index (χ2n) is 9.83. The van der Waals surface area contributed by atoms with Gasteiger partial charge in [-0.1, -0.05) is 12.1 Å². The van der Waals surface area contributed by atoms with Gasteiger partial charge in [0.2, 0.25) is 0 Å². The molecule has 1 saturated heterocycles. The third-order valence-electron chi connectivity index (χ3n) is 7.39. The van der Waals surface area contributed by atoms with Crippen LogP contribution in [-0.4, -0.2) is 57.6 Å². The van der Waals surface area contributed by atoms with E-state index in [2.05, 4.69) is 21.0 Å². The van der Waals surface area contributed by atoms with Gasteiger partial charge in [0, 0.05) is 31.8 Å². The van der Waals surface area contributed by atoms with Crippen LogP contribution in [0.5, 0.6) is 5.75 Å². The van der Waals surface area contributed by atoms with Crippen LogP contribution in [0.4, 0.5) is 0 Å². The van der Waals surface area contributed by atoms with E-state index >= 15 is 0 Å². The number of rotatable bonds is 4. The number of aromatic nitrogens is 4. The van der Waals surface area contributed by atoms with E-state index in [4.69, 9.17) is 14.5 Å². The molecule has 1 atom stereocenters. The number of fused-ring (bicyclic) bond motifs is 3. The molecular weight excluding hydrogens is 458 g/mol. The Bertz CT molecular complexity index is 1540. The quantitative estimate of drug-likeness (QED) is 0.455. The Kier molecular flexibility index (Phi) is 6.10. The zero-order valence-corrected chi connectivity index (χ0v) is 20.5. The molecule has 0 saturated carbocycles. The number of aromatic amines is 2. The van der Waals surface area contributed by atoms with Crippen molar-refractivity contribution in [2.45, 2.75) is 51.2 Å². The zero-order valence-electron chi connectivity index (χ0n) is 20.5. The zero-order chi connectivity index (χ0) is 24.6. The van der Waals surface area contributed by atoms with E-state index in [0.29, 0.717) is 59.0 Å². The molecule has 2 N–H and O–H groups in total. The molecule has 4 heterocycles. The van der Waals surface area contributed by atoms with Crippen LogP contribution >= 0.6 is 0 Å². The number of benzene rings is 2. The highest BCUT2D eigenvalue weighted by Gasteiger charge is 2.25. The van der Waals surface area contributed by atoms with Gasteiger partial charge in [0.05, 0.1) is 29.6 Å². The fourth-order valence-electron chi connectivity index (χ4n) is 5.59. The van der Waals surface area contributed by atoms with Gasteiger partial charge in [0.15, 0.2) is 0 Å². The van der Waals surface area contributed by atoms with Crippen LogP contribution in [-0.2, 0) is 17.8 Å². The van der Waals surface area contributed by atoms with Gasteiger partial charge in [-0.3, -0.25) is 24.3 Å². The highest BCUT2D eigenvalue weighted by molar-refractivity contribution is 5.93. The number of methoxy groups -OCH3 is 1. The summed E-state index contributed by atoms with van der Waals surface area (Å²) in [5, 5.41) is 3.79. The molecular formula is C27H31N5O4. The third kappa shape index (κ3) is 4.12. The summed E-state index contributed by atoms with van der Waals surface area (Å²) < 4.78 is 13.3. The van der Waals surface area contributed by atoms with Gasteiger partial charge < -0.3 is 14.5 Å². The van der Waals surface area contributed by atoms with Crippen molar-refractivity contribution in [1.82, 2.24) is 24.6 Å². The topological polar surface area (TPSA) is 105 Å². The highest BCUT2D eigenvalue weighted by atomic mass is 16.5. The first-order chi connectivity index (χ1) is 17.6. The average molecular weight is 490 g/mol. The van der Waals surface area contributed by atoms with Crippen molar-refractivity contribution in [3.63, 3.8) is 0 Å². The molecule has 2 aliphatic heterocycles. The Labute approximate surface area is 208 Å². The summed E-state index contributed by atoms with van der Waals surface area (Å²) in [6, 6.07) is 9.88. The van der Waals surface area contributed by atoms with Crippen LogP contribution in [0, 0.1) is 0 Å². The standard InChI is InChI=1S/C27H31N5O4/c1-35-16-18-7-6-10-31(18)15-17-13-21-25-22(14-17)36-12-4-2-3-11-32-27(34)20-9-5-8-19(23(20)30-32)24(29-25)26(33)28-21/h5,8-9,13-14,18,30H,2-4,6-7,10-12,15-16H2,1H3,(H,28,33)/t18-/m1/s1. The molecule has 6 rings (SSSR count). The fraction of sp³-hybridized carbons (Fsp3) is 0.444. The number of nitrogens with one attached hydrogen (secondary N) is 2. The first kappa shape index (κ1) is 23.0. The van der Waals surface area contributed by atoms with E-state index in [-0.39, 0.29) is 16.8 Å². The molecule has 2 aromatic heterocycles. The average Bonchev–Trinajstić information content (AvgIpc) is 3.44. The van der Waals surface area contributed by atoms with Gasteiger partial charge in [-0.05, 0) is 62.4 Å². The Hall–Kier alpha value is -3.43. The molecule has 4 aromatic rings. The SMILES string of the molecule is COC[C@H]1CCCN1Cc1cc2c3nc(c(=O)[nH]c3c1)-c1cccc3c(=O)n([nH]c13)CCCCCO2. The van der Waals surface area contributed by atoms with Crippen LogP contribution in [0.25, 0.3) is 33.2 Å². The van der Waals surface area contributed by atoms with E-state index in [9.17, 15) is 9.59 Å². The number of para-hydroxylation sites is 1. The van der Waals surface area contributed by atoms with Gasteiger partial charge >= 0.3 is 0 Å². The lowest BCUT2D eigenvalue weighted by Gasteiger charge is -2.24. The summed E-state index contributed by atoms with van der Waals surface area (Å²) in [6.07, 6.45) is 4.95. The number of ether oxygens (including phenoxy) is 2. The maximum atomic E-state index is 13.3. The maximum Gasteiger partial charge on any atom is 0.275 e. The van der Waals surface area contributed by atoms with Crippen molar-refractivity contribution in [3.8, 4) is 17.0 Å².